The van der Waals surface area contributed by atoms with Crippen LogP contribution in [0.25, 0.3) is 0 Å². The summed E-state index contributed by atoms with van der Waals surface area (Å²) in [5.41, 5.74) is 2.26. The van der Waals surface area contributed by atoms with Crippen LogP contribution in [0.4, 0.5) is 5.69 Å². The molecule has 2 aromatic rings. The van der Waals surface area contributed by atoms with Gasteiger partial charge < -0.3 is 15.0 Å². The van der Waals surface area contributed by atoms with Crippen molar-refractivity contribution >= 4 is 11.6 Å². The molecule has 0 heterocycles. The second-order valence-electron chi connectivity index (χ2n) is 5.88. The Kier molecular flexibility index (Phi) is 7.83. The predicted molar refractivity (Wildman–Crippen MR) is 103 cm³/mol. The van der Waals surface area contributed by atoms with Crippen LogP contribution in [0.15, 0.2) is 54.6 Å². The number of hydrogen-bond acceptors (Lipinski definition) is 3. The molecule has 0 fully saturated rings. The van der Waals surface area contributed by atoms with E-state index in [0.29, 0.717) is 13.2 Å². The van der Waals surface area contributed by atoms with Crippen LogP contribution in [0.5, 0.6) is 5.75 Å². The van der Waals surface area contributed by atoms with Crippen LogP contribution in [0, 0.1) is 0 Å². The first kappa shape index (κ1) is 18.8. The molecule has 134 valence electrons. The van der Waals surface area contributed by atoms with Crippen molar-refractivity contribution in [1.29, 1.82) is 0 Å². The van der Waals surface area contributed by atoms with Gasteiger partial charge in [0.25, 0.3) is 0 Å². The molecule has 0 aliphatic heterocycles. The minimum absolute atomic E-state index is 0.117. The lowest BCUT2D eigenvalue weighted by Crippen LogP contribution is -2.35. The summed E-state index contributed by atoms with van der Waals surface area (Å²) in [7, 11) is 0. The second-order valence-corrected chi connectivity index (χ2v) is 5.88. The Morgan fingerprint density at radius 2 is 1.68 bits per heavy atom. The number of carbonyl (C=O) groups excluding carboxylic acids is 1. The Bertz CT molecular complexity index is 622. The van der Waals surface area contributed by atoms with Crippen molar-refractivity contribution in [2.24, 2.45) is 0 Å². The summed E-state index contributed by atoms with van der Waals surface area (Å²) >= 11 is 0. The third-order valence-electron chi connectivity index (χ3n) is 4.14. The van der Waals surface area contributed by atoms with E-state index in [1.807, 2.05) is 49.1 Å². The zero-order valence-electron chi connectivity index (χ0n) is 15.2. The molecule has 25 heavy (non-hydrogen) atoms. The summed E-state index contributed by atoms with van der Waals surface area (Å²) in [4.78, 5) is 13.8. The second kappa shape index (κ2) is 10.4. The van der Waals surface area contributed by atoms with Crippen LogP contribution >= 0.6 is 0 Å². The quantitative estimate of drug-likeness (QED) is 0.665. The normalized spacial score (nSPS) is 10.3. The van der Waals surface area contributed by atoms with Crippen molar-refractivity contribution in [3.05, 3.63) is 60.2 Å². The van der Waals surface area contributed by atoms with E-state index in [0.717, 1.165) is 37.4 Å². The van der Waals surface area contributed by atoms with Gasteiger partial charge in [0.15, 0.2) is 0 Å². The topological polar surface area (TPSA) is 41.6 Å². The van der Waals surface area contributed by atoms with E-state index >= 15 is 0 Å². The highest BCUT2D eigenvalue weighted by molar-refractivity contribution is 5.80. The molecule has 1 N–H and O–H groups in total. The van der Waals surface area contributed by atoms with Gasteiger partial charge in [-0.1, -0.05) is 30.3 Å². The van der Waals surface area contributed by atoms with E-state index < -0.39 is 0 Å². The van der Waals surface area contributed by atoms with E-state index in [4.69, 9.17) is 4.74 Å². The molecule has 0 bridgehead atoms. The lowest BCUT2D eigenvalue weighted by Gasteiger charge is -2.19. The van der Waals surface area contributed by atoms with Crippen molar-refractivity contribution in [2.45, 2.75) is 26.7 Å². The van der Waals surface area contributed by atoms with Gasteiger partial charge in [-0.3, -0.25) is 4.79 Å². The Hall–Kier alpha value is -2.49. The van der Waals surface area contributed by atoms with Crippen LogP contribution in [0.3, 0.4) is 0 Å². The van der Waals surface area contributed by atoms with E-state index in [1.54, 1.807) is 0 Å². The van der Waals surface area contributed by atoms with Gasteiger partial charge in [-0.15, -0.1) is 0 Å². The number of likely N-dealkylation sites (N-methyl/N-ethyl adjacent to an activating group) is 1. The van der Waals surface area contributed by atoms with Crippen molar-refractivity contribution in [3.8, 4) is 5.75 Å². The molecule has 4 heteroatoms. The molecule has 0 unspecified atom stereocenters. The number of rotatable bonds is 10. The molecule has 0 aliphatic rings. The van der Waals surface area contributed by atoms with Gasteiger partial charge >= 0.3 is 0 Å². The largest absolute Gasteiger partial charge is 0.494 e. The first-order valence-corrected chi connectivity index (χ1v) is 9.01. The van der Waals surface area contributed by atoms with Crippen molar-refractivity contribution in [2.75, 3.05) is 31.6 Å². The lowest BCUT2D eigenvalue weighted by molar-refractivity contribution is -0.128. The number of anilines is 1. The van der Waals surface area contributed by atoms with Gasteiger partial charge in [0.2, 0.25) is 5.91 Å². The van der Waals surface area contributed by atoms with Gasteiger partial charge in [0, 0.05) is 18.8 Å². The number of carbonyl (C=O) groups is 1. The van der Waals surface area contributed by atoms with Gasteiger partial charge in [-0.25, -0.2) is 0 Å². The molecule has 2 aromatic carbocycles. The van der Waals surface area contributed by atoms with E-state index in [-0.39, 0.29) is 5.91 Å². The molecule has 0 saturated heterocycles. The molecule has 4 nitrogen and oxygen atoms in total. The fourth-order valence-corrected chi connectivity index (χ4v) is 2.65. The number of amides is 1. The van der Waals surface area contributed by atoms with Gasteiger partial charge in [-0.05, 0) is 56.5 Å². The number of hydrogen-bond donors (Lipinski definition) is 1. The SMILES string of the molecule is CCN(CC)C(=O)CNc1ccc(OCCCc2ccccc2)cc1. The number of nitrogens with one attached hydrogen (secondary N) is 1. The molecule has 0 spiro atoms. The minimum atomic E-state index is 0.117. The van der Waals surface area contributed by atoms with Crippen molar-refractivity contribution < 1.29 is 9.53 Å². The zero-order valence-corrected chi connectivity index (χ0v) is 15.2. The molecule has 1 amide bonds. The van der Waals surface area contributed by atoms with Gasteiger partial charge in [-0.2, -0.15) is 0 Å². The average molecular weight is 340 g/mol. The van der Waals surface area contributed by atoms with E-state index in [2.05, 4.69) is 29.6 Å². The predicted octanol–water partition coefficient (Wildman–Crippen LogP) is 3.98. The number of ether oxygens (including phenoxy) is 1. The molecule has 2 rings (SSSR count). The standard InChI is InChI=1S/C21H28N2O2/c1-3-23(4-2)21(24)17-22-19-12-14-20(15-13-19)25-16-8-11-18-9-6-5-7-10-18/h5-7,9-10,12-15,22H,3-4,8,11,16-17H2,1-2H3. The smallest absolute Gasteiger partial charge is 0.241 e. The third kappa shape index (κ3) is 6.49. The molecule has 0 aliphatic carbocycles. The Morgan fingerprint density at radius 3 is 2.32 bits per heavy atom. The number of aryl methyl sites for hydroxylation is 1. The summed E-state index contributed by atoms with van der Waals surface area (Å²) in [6.45, 7) is 6.48. The Balaban J connectivity index is 1.70. The maximum absolute atomic E-state index is 12.0. The highest BCUT2D eigenvalue weighted by Crippen LogP contribution is 2.16. The number of benzene rings is 2. The van der Waals surface area contributed by atoms with Gasteiger partial charge in [0.1, 0.15) is 5.75 Å². The summed E-state index contributed by atoms with van der Waals surface area (Å²) in [6.07, 6.45) is 2.01. The first-order valence-electron chi connectivity index (χ1n) is 9.01. The van der Waals surface area contributed by atoms with Crippen molar-refractivity contribution in [3.63, 3.8) is 0 Å². The molecule has 0 atom stereocenters. The summed E-state index contributed by atoms with van der Waals surface area (Å²) in [5, 5.41) is 3.16. The monoisotopic (exact) mass is 340 g/mol. The fraction of sp³-hybridized carbons (Fsp3) is 0.381. The maximum atomic E-state index is 12.0. The molecule has 0 aromatic heterocycles. The van der Waals surface area contributed by atoms with Crippen LogP contribution in [-0.2, 0) is 11.2 Å². The Labute approximate surface area is 150 Å². The van der Waals surface area contributed by atoms with Crippen LogP contribution in [-0.4, -0.2) is 37.0 Å². The highest BCUT2D eigenvalue weighted by atomic mass is 16.5. The molecular formula is C21H28N2O2. The van der Waals surface area contributed by atoms with E-state index in [1.165, 1.54) is 5.56 Å². The van der Waals surface area contributed by atoms with Crippen LogP contribution in [0.1, 0.15) is 25.8 Å². The molecule has 0 radical (unpaired) electrons. The fourth-order valence-electron chi connectivity index (χ4n) is 2.65. The number of nitrogens with zero attached hydrogens (tertiary/aromatic N) is 1. The highest BCUT2D eigenvalue weighted by Gasteiger charge is 2.08. The van der Waals surface area contributed by atoms with Crippen molar-refractivity contribution in [1.82, 2.24) is 4.90 Å². The summed E-state index contributed by atoms with van der Waals surface area (Å²) < 4.78 is 5.78. The molecule has 0 saturated carbocycles. The first-order chi connectivity index (χ1) is 12.2. The van der Waals surface area contributed by atoms with E-state index in [9.17, 15) is 4.79 Å². The van der Waals surface area contributed by atoms with Gasteiger partial charge in [0.05, 0.1) is 13.2 Å². The zero-order chi connectivity index (χ0) is 17.9. The third-order valence-corrected chi connectivity index (χ3v) is 4.14. The maximum Gasteiger partial charge on any atom is 0.241 e. The lowest BCUT2D eigenvalue weighted by atomic mass is 10.1. The van der Waals surface area contributed by atoms with Crippen LogP contribution < -0.4 is 10.1 Å². The minimum Gasteiger partial charge on any atom is -0.494 e. The summed E-state index contributed by atoms with van der Waals surface area (Å²) in [5.74, 6) is 0.972. The summed E-state index contributed by atoms with van der Waals surface area (Å²) in [6, 6.07) is 18.2. The molecular weight excluding hydrogens is 312 g/mol. The van der Waals surface area contributed by atoms with Crippen LogP contribution in [0.2, 0.25) is 0 Å². The Morgan fingerprint density at radius 1 is 1.00 bits per heavy atom. The average Bonchev–Trinajstić information content (AvgIpc) is 2.66.